The van der Waals surface area contributed by atoms with E-state index in [9.17, 15) is 9.59 Å². The van der Waals surface area contributed by atoms with E-state index in [1.807, 2.05) is 12.1 Å². The fraction of sp³-hybridized carbons (Fsp3) is 0.720. The van der Waals surface area contributed by atoms with Crippen molar-refractivity contribution >= 4 is 29.5 Å². The normalized spacial score (nSPS) is 20.6. The van der Waals surface area contributed by atoms with Crippen LogP contribution in [0.2, 0.25) is 0 Å². The predicted molar refractivity (Wildman–Crippen MR) is 128 cm³/mol. The summed E-state index contributed by atoms with van der Waals surface area (Å²) < 4.78 is 5.74. The van der Waals surface area contributed by atoms with E-state index in [0.717, 1.165) is 81.1 Å². The number of esters is 1. The van der Waals surface area contributed by atoms with Gasteiger partial charge >= 0.3 is 5.97 Å². The summed E-state index contributed by atoms with van der Waals surface area (Å²) in [6.45, 7) is 3.79. The van der Waals surface area contributed by atoms with Crippen molar-refractivity contribution in [2.24, 2.45) is 5.92 Å². The Morgan fingerprint density at radius 1 is 1.06 bits per heavy atom. The largest absolute Gasteiger partial charge is 0.462 e. The summed E-state index contributed by atoms with van der Waals surface area (Å²) in [6, 6.07) is 4.22. The van der Waals surface area contributed by atoms with Crippen molar-refractivity contribution in [3.63, 3.8) is 0 Å². The number of pyridine rings is 1. The Morgan fingerprint density at radius 2 is 1.81 bits per heavy atom. The first-order valence-electron chi connectivity index (χ1n) is 12.5. The minimum atomic E-state index is -0.000548. The van der Waals surface area contributed by atoms with Crippen molar-refractivity contribution < 1.29 is 14.3 Å². The van der Waals surface area contributed by atoms with Crippen LogP contribution in [-0.2, 0) is 9.53 Å². The Balaban J connectivity index is 1.37. The molecule has 3 fully saturated rings. The molecule has 1 N–H and O–H groups in total. The zero-order valence-electron chi connectivity index (χ0n) is 19.3. The second-order valence-corrected chi connectivity index (χ2v) is 10.5. The van der Waals surface area contributed by atoms with Crippen molar-refractivity contribution in [3.8, 4) is 0 Å². The minimum absolute atomic E-state index is 0.000548. The molecule has 2 heterocycles. The molecule has 0 atom stereocenters. The van der Waals surface area contributed by atoms with Crippen LogP contribution in [0, 0.1) is 5.92 Å². The summed E-state index contributed by atoms with van der Waals surface area (Å²) in [5.74, 6) is 2.01. The number of piperidine rings is 1. The van der Waals surface area contributed by atoms with Gasteiger partial charge in [0, 0.05) is 32.0 Å². The molecule has 176 valence electrons. The highest BCUT2D eigenvalue weighted by molar-refractivity contribution is 7.99. The lowest BCUT2D eigenvalue weighted by Crippen LogP contribution is -2.40. The van der Waals surface area contributed by atoms with Crippen LogP contribution >= 0.6 is 11.8 Å². The SMILES string of the molecule is CCCSc1nc(N2CCC(OC(=O)C3CCC3)CC2)ccc1C(=O)NC1CCCCC1. The third-order valence-corrected chi connectivity index (χ3v) is 8.16. The number of hydrogen-bond donors (Lipinski definition) is 1. The summed E-state index contributed by atoms with van der Waals surface area (Å²) >= 11 is 1.67. The number of nitrogens with one attached hydrogen (secondary N) is 1. The third-order valence-electron chi connectivity index (χ3n) is 6.96. The Kier molecular flexibility index (Phi) is 8.33. The molecule has 0 aromatic carbocycles. The number of amides is 1. The van der Waals surface area contributed by atoms with E-state index in [1.54, 1.807) is 11.8 Å². The number of anilines is 1. The Bertz CT molecular complexity index is 785. The lowest BCUT2D eigenvalue weighted by Gasteiger charge is -2.34. The summed E-state index contributed by atoms with van der Waals surface area (Å²) in [5.41, 5.74) is 0.696. The predicted octanol–water partition coefficient (Wildman–Crippen LogP) is 4.96. The molecule has 0 spiro atoms. The van der Waals surface area contributed by atoms with Gasteiger partial charge < -0.3 is 15.0 Å². The second-order valence-electron chi connectivity index (χ2n) is 9.43. The van der Waals surface area contributed by atoms with E-state index >= 15 is 0 Å². The Labute approximate surface area is 196 Å². The van der Waals surface area contributed by atoms with Crippen LogP contribution in [0.25, 0.3) is 0 Å². The molecule has 0 bridgehead atoms. The van der Waals surface area contributed by atoms with Crippen LogP contribution in [0.3, 0.4) is 0 Å². The standard InChI is InChI=1S/C25H37N3O3S/c1-2-17-32-24-21(23(29)26-19-9-4-3-5-10-19)11-12-22(27-24)28-15-13-20(14-16-28)31-25(30)18-7-6-8-18/h11-12,18-20H,2-10,13-17H2,1H3,(H,26,29). The molecule has 7 heteroatoms. The van der Waals surface area contributed by atoms with Crippen LogP contribution in [0.4, 0.5) is 5.82 Å². The molecule has 2 aliphatic carbocycles. The average Bonchev–Trinajstić information content (AvgIpc) is 2.77. The molecular weight excluding hydrogens is 422 g/mol. The van der Waals surface area contributed by atoms with E-state index in [1.165, 1.54) is 19.3 Å². The number of nitrogens with zero attached hydrogens (tertiary/aromatic N) is 2. The molecule has 32 heavy (non-hydrogen) atoms. The van der Waals surface area contributed by atoms with Crippen molar-refractivity contribution in [1.29, 1.82) is 0 Å². The van der Waals surface area contributed by atoms with Crippen molar-refractivity contribution in [2.45, 2.75) is 94.7 Å². The fourth-order valence-corrected chi connectivity index (χ4v) is 5.58. The Hall–Kier alpha value is -1.76. The van der Waals surface area contributed by atoms with Crippen LogP contribution in [0.15, 0.2) is 17.2 Å². The van der Waals surface area contributed by atoms with E-state index in [2.05, 4.69) is 17.1 Å². The van der Waals surface area contributed by atoms with E-state index < -0.39 is 0 Å². The summed E-state index contributed by atoms with van der Waals surface area (Å²) in [5, 5.41) is 4.07. The molecule has 1 aromatic rings. The zero-order valence-corrected chi connectivity index (χ0v) is 20.1. The van der Waals surface area contributed by atoms with Gasteiger partial charge in [0.1, 0.15) is 16.9 Å². The monoisotopic (exact) mass is 459 g/mol. The van der Waals surface area contributed by atoms with Gasteiger partial charge in [0.05, 0.1) is 11.5 Å². The number of thioether (sulfide) groups is 1. The lowest BCUT2D eigenvalue weighted by molar-refractivity contribution is -0.157. The summed E-state index contributed by atoms with van der Waals surface area (Å²) in [7, 11) is 0. The van der Waals surface area contributed by atoms with Crippen LogP contribution in [0.1, 0.15) is 87.9 Å². The van der Waals surface area contributed by atoms with Crippen LogP contribution in [0.5, 0.6) is 0 Å². The smallest absolute Gasteiger partial charge is 0.309 e. The number of ether oxygens (including phenoxy) is 1. The maximum absolute atomic E-state index is 13.0. The highest BCUT2D eigenvalue weighted by Gasteiger charge is 2.30. The lowest BCUT2D eigenvalue weighted by atomic mass is 9.85. The highest BCUT2D eigenvalue weighted by atomic mass is 32.2. The number of carbonyl (C=O) groups excluding carboxylic acids is 2. The Morgan fingerprint density at radius 3 is 2.47 bits per heavy atom. The van der Waals surface area contributed by atoms with Gasteiger partial charge in [-0.15, -0.1) is 11.8 Å². The second kappa shape index (κ2) is 11.4. The minimum Gasteiger partial charge on any atom is -0.462 e. The molecule has 1 aliphatic heterocycles. The van der Waals surface area contributed by atoms with E-state index in [0.29, 0.717) is 11.6 Å². The quantitative estimate of drug-likeness (QED) is 0.438. The van der Waals surface area contributed by atoms with E-state index in [-0.39, 0.29) is 23.9 Å². The maximum atomic E-state index is 13.0. The first-order valence-corrected chi connectivity index (χ1v) is 13.5. The molecule has 3 aliphatic rings. The maximum Gasteiger partial charge on any atom is 0.309 e. The number of rotatable bonds is 8. The van der Waals surface area contributed by atoms with Gasteiger partial charge in [-0.05, 0) is 50.0 Å². The van der Waals surface area contributed by atoms with Gasteiger partial charge in [0.2, 0.25) is 0 Å². The van der Waals surface area contributed by atoms with Crippen LogP contribution in [-0.4, -0.2) is 47.8 Å². The summed E-state index contributed by atoms with van der Waals surface area (Å²) in [6.07, 6.45) is 11.7. The van der Waals surface area contributed by atoms with Crippen molar-refractivity contribution in [2.75, 3.05) is 23.7 Å². The van der Waals surface area contributed by atoms with Gasteiger partial charge in [-0.25, -0.2) is 4.98 Å². The van der Waals surface area contributed by atoms with E-state index in [4.69, 9.17) is 9.72 Å². The molecule has 1 saturated heterocycles. The first kappa shape index (κ1) is 23.4. The first-order chi connectivity index (χ1) is 15.6. The van der Waals surface area contributed by atoms with Crippen molar-refractivity contribution in [3.05, 3.63) is 17.7 Å². The molecule has 1 aromatic heterocycles. The molecule has 1 amide bonds. The topological polar surface area (TPSA) is 71.5 Å². The number of carbonyl (C=O) groups is 2. The molecule has 6 nitrogen and oxygen atoms in total. The molecule has 0 radical (unpaired) electrons. The molecular formula is C25H37N3O3S. The highest BCUT2D eigenvalue weighted by Crippen LogP contribution is 2.30. The van der Waals surface area contributed by atoms with Gasteiger partial charge in [-0.1, -0.05) is 32.6 Å². The van der Waals surface area contributed by atoms with Gasteiger partial charge in [-0.3, -0.25) is 9.59 Å². The number of aromatic nitrogens is 1. The molecule has 0 unspecified atom stereocenters. The molecule has 4 rings (SSSR count). The third kappa shape index (κ3) is 5.97. The van der Waals surface area contributed by atoms with Crippen LogP contribution < -0.4 is 10.2 Å². The van der Waals surface area contributed by atoms with Crippen molar-refractivity contribution in [1.82, 2.24) is 10.3 Å². The average molecular weight is 460 g/mol. The molecule has 2 saturated carbocycles. The zero-order chi connectivity index (χ0) is 22.3. The van der Waals surface area contributed by atoms with Gasteiger partial charge in [0.15, 0.2) is 0 Å². The van der Waals surface area contributed by atoms with Gasteiger partial charge in [-0.2, -0.15) is 0 Å². The number of hydrogen-bond acceptors (Lipinski definition) is 6. The summed E-state index contributed by atoms with van der Waals surface area (Å²) in [4.78, 5) is 32.3. The van der Waals surface area contributed by atoms with Gasteiger partial charge in [0.25, 0.3) is 5.91 Å². The fourth-order valence-electron chi connectivity index (χ4n) is 4.71.